The van der Waals surface area contributed by atoms with Gasteiger partial charge in [0.15, 0.2) is 6.04 Å². The van der Waals surface area contributed by atoms with Gasteiger partial charge in [0, 0.05) is 13.0 Å². The molecule has 0 radical (unpaired) electrons. The van der Waals surface area contributed by atoms with Crippen molar-refractivity contribution in [2.75, 3.05) is 11.6 Å². The number of nitrogens with one attached hydrogen (secondary N) is 1. The van der Waals surface area contributed by atoms with Crippen molar-refractivity contribution < 1.29 is 19.4 Å². The fourth-order valence-corrected chi connectivity index (χ4v) is 3.29. The molecule has 0 aromatic heterocycles. The van der Waals surface area contributed by atoms with E-state index in [-0.39, 0.29) is 30.2 Å². The predicted octanol–water partition coefficient (Wildman–Crippen LogP) is 1.78. The highest BCUT2D eigenvalue weighted by molar-refractivity contribution is 6.40. The van der Waals surface area contributed by atoms with Crippen LogP contribution in [0.4, 0.5) is 5.69 Å². The van der Waals surface area contributed by atoms with Gasteiger partial charge in [0.2, 0.25) is 0 Å². The first kappa shape index (κ1) is 17.4. The number of ether oxygens (including phenoxy) is 1. The minimum absolute atomic E-state index is 0.0245. The number of hydrogen-bond donors (Lipinski definition) is 2. The molecule has 3 rings (SSSR count). The minimum atomic E-state index is -0.999. The van der Waals surface area contributed by atoms with E-state index in [1.807, 2.05) is 25.1 Å². The number of rotatable bonds is 6. The van der Waals surface area contributed by atoms with Crippen molar-refractivity contribution in [1.82, 2.24) is 5.32 Å². The van der Waals surface area contributed by atoms with E-state index in [0.29, 0.717) is 5.69 Å². The Morgan fingerprint density at radius 3 is 2.76 bits per heavy atom. The summed E-state index contributed by atoms with van der Waals surface area (Å²) in [5.74, 6) is -1.31. The molecule has 2 N–H and O–H groups in total. The molecular weight excluding hydrogens is 322 g/mol. The van der Waals surface area contributed by atoms with Gasteiger partial charge in [-0.2, -0.15) is 5.10 Å². The van der Waals surface area contributed by atoms with Crippen LogP contribution in [-0.4, -0.2) is 47.5 Å². The molecular formula is C18H23N3O4. The van der Waals surface area contributed by atoms with Gasteiger partial charge in [-0.25, -0.2) is 4.79 Å². The van der Waals surface area contributed by atoms with Gasteiger partial charge >= 0.3 is 5.97 Å². The van der Waals surface area contributed by atoms with Crippen LogP contribution in [0.1, 0.15) is 32.6 Å². The van der Waals surface area contributed by atoms with Gasteiger partial charge in [0.05, 0.1) is 17.8 Å². The Morgan fingerprint density at radius 2 is 2.16 bits per heavy atom. The Labute approximate surface area is 146 Å². The molecule has 1 saturated heterocycles. The largest absolute Gasteiger partial charge is 0.480 e. The van der Waals surface area contributed by atoms with Crippen LogP contribution in [0.15, 0.2) is 35.4 Å². The average molecular weight is 345 g/mol. The smallest absolute Gasteiger partial charge is 0.328 e. The Balaban J connectivity index is 1.74. The SMILES string of the molecule is CCC(NC(=O)C1=NN(c2ccccc2)C(C(=O)O)C1)C1CCCO1. The average Bonchev–Trinajstić information content (AvgIpc) is 3.30. The van der Waals surface area contributed by atoms with Crippen molar-refractivity contribution in [1.29, 1.82) is 0 Å². The topological polar surface area (TPSA) is 91.2 Å². The van der Waals surface area contributed by atoms with Crippen molar-refractivity contribution in [2.24, 2.45) is 5.10 Å². The number of amides is 1. The highest BCUT2D eigenvalue weighted by Gasteiger charge is 2.37. The standard InChI is InChI=1S/C18H23N3O4/c1-2-13(16-9-6-10-25-16)19-17(22)14-11-15(18(23)24)21(20-14)12-7-4-3-5-8-12/h3-5,7-8,13,15-16H,2,6,9-11H2,1H3,(H,19,22)(H,23,24). The normalized spacial score (nSPS) is 24.0. The summed E-state index contributed by atoms with van der Waals surface area (Å²) in [6.45, 7) is 2.72. The monoisotopic (exact) mass is 345 g/mol. The first-order valence-corrected chi connectivity index (χ1v) is 8.67. The molecule has 2 aliphatic heterocycles. The number of carboxylic acid groups (broad SMARTS) is 1. The summed E-state index contributed by atoms with van der Waals surface area (Å²) in [6, 6.07) is 8.08. The van der Waals surface area contributed by atoms with Gasteiger partial charge in [-0.05, 0) is 31.4 Å². The highest BCUT2D eigenvalue weighted by atomic mass is 16.5. The second-order valence-corrected chi connectivity index (χ2v) is 6.32. The highest BCUT2D eigenvalue weighted by Crippen LogP contribution is 2.25. The predicted molar refractivity (Wildman–Crippen MR) is 93.6 cm³/mol. The summed E-state index contributed by atoms with van der Waals surface area (Å²) in [4.78, 5) is 24.2. The van der Waals surface area contributed by atoms with Crippen molar-refractivity contribution in [3.63, 3.8) is 0 Å². The molecule has 7 nitrogen and oxygen atoms in total. The van der Waals surface area contributed by atoms with Gasteiger partial charge in [0.25, 0.3) is 5.91 Å². The minimum Gasteiger partial charge on any atom is -0.480 e. The van der Waals surface area contributed by atoms with Gasteiger partial charge < -0.3 is 15.2 Å². The number of para-hydroxylation sites is 1. The summed E-state index contributed by atoms with van der Waals surface area (Å²) >= 11 is 0. The van der Waals surface area contributed by atoms with E-state index in [0.717, 1.165) is 25.9 Å². The number of anilines is 1. The third-order valence-corrected chi connectivity index (χ3v) is 4.65. The molecule has 0 saturated carbocycles. The molecule has 134 valence electrons. The van der Waals surface area contributed by atoms with Crippen LogP contribution in [0, 0.1) is 0 Å². The maximum atomic E-state index is 12.6. The van der Waals surface area contributed by atoms with Crippen LogP contribution in [0.2, 0.25) is 0 Å². The third kappa shape index (κ3) is 3.82. The van der Waals surface area contributed by atoms with E-state index in [2.05, 4.69) is 10.4 Å². The zero-order chi connectivity index (χ0) is 17.8. The number of nitrogens with zero attached hydrogens (tertiary/aromatic N) is 2. The maximum Gasteiger partial charge on any atom is 0.328 e. The molecule has 1 fully saturated rings. The van der Waals surface area contributed by atoms with E-state index < -0.39 is 12.0 Å². The number of hydrazone groups is 1. The number of carbonyl (C=O) groups is 2. The number of aliphatic carboxylic acids is 1. The van der Waals surface area contributed by atoms with Crippen LogP contribution in [0.5, 0.6) is 0 Å². The number of carboxylic acids is 1. The van der Waals surface area contributed by atoms with E-state index in [1.165, 1.54) is 5.01 Å². The van der Waals surface area contributed by atoms with E-state index >= 15 is 0 Å². The lowest BCUT2D eigenvalue weighted by Crippen LogP contribution is -2.45. The Morgan fingerprint density at radius 1 is 1.40 bits per heavy atom. The Hall–Kier alpha value is -2.41. The molecule has 2 aliphatic rings. The summed E-state index contributed by atoms with van der Waals surface area (Å²) in [5.41, 5.74) is 0.900. The Kier molecular flexibility index (Phi) is 5.33. The number of hydrogen-bond acceptors (Lipinski definition) is 5. The van der Waals surface area contributed by atoms with Gasteiger partial charge in [-0.15, -0.1) is 0 Å². The van der Waals surface area contributed by atoms with Gasteiger partial charge in [-0.3, -0.25) is 9.80 Å². The zero-order valence-electron chi connectivity index (χ0n) is 14.2. The molecule has 2 heterocycles. The molecule has 0 spiro atoms. The van der Waals surface area contributed by atoms with Gasteiger partial charge in [-0.1, -0.05) is 25.1 Å². The second-order valence-electron chi connectivity index (χ2n) is 6.32. The van der Waals surface area contributed by atoms with Gasteiger partial charge in [0.1, 0.15) is 5.71 Å². The molecule has 1 aromatic carbocycles. The summed E-state index contributed by atoms with van der Waals surface area (Å²) < 4.78 is 5.66. The summed E-state index contributed by atoms with van der Waals surface area (Å²) in [7, 11) is 0. The van der Waals surface area contributed by atoms with Crippen LogP contribution < -0.4 is 10.3 Å². The van der Waals surface area contributed by atoms with Crippen molar-refractivity contribution in [3.8, 4) is 0 Å². The van der Waals surface area contributed by atoms with E-state index in [1.54, 1.807) is 12.1 Å². The van der Waals surface area contributed by atoms with E-state index in [9.17, 15) is 14.7 Å². The van der Waals surface area contributed by atoms with E-state index in [4.69, 9.17) is 4.74 Å². The van der Waals surface area contributed by atoms with Crippen molar-refractivity contribution in [2.45, 2.75) is 50.8 Å². The molecule has 1 aromatic rings. The van der Waals surface area contributed by atoms with Crippen LogP contribution in [0.25, 0.3) is 0 Å². The first-order valence-electron chi connectivity index (χ1n) is 8.67. The number of carbonyl (C=O) groups excluding carboxylic acids is 1. The summed E-state index contributed by atoms with van der Waals surface area (Å²) in [5, 5.41) is 18.1. The summed E-state index contributed by atoms with van der Waals surface area (Å²) in [6.07, 6.45) is 2.79. The Bertz CT molecular complexity index is 656. The second kappa shape index (κ2) is 7.65. The van der Waals surface area contributed by atoms with Crippen LogP contribution in [0.3, 0.4) is 0 Å². The zero-order valence-corrected chi connectivity index (χ0v) is 14.2. The first-order chi connectivity index (χ1) is 12.1. The lowest BCUT2D eigenvalue weighted by atomic mass is 10.0. The van der Waals surface area contributed by atoms with Crippen LogP contribution >= 0.6 is 0 Å². The number of benzene rings is 1. The fourth-order valence-electron chi connectivity index (χ4n) is 3.29. The molecule has 0 aliphatic carbocycles. The molecule has 7 heteroatoms. The quantitative estimate of drug-likeness (QED) is 0.820. The fraction of sp³-hybridized carbons (Fsp3) is 0.500. The molecule has 3 atom stereocenters. The maximum absolute atomic E-state index is 12.6. The lowest BCUT2D eigenvalue weighted by Gasteiger charge is -2.22. The van der Waals surface area contributed by atoms with Crippen molar-refractivity contribution in [3.05, 3.63) is 30.3 Å². The molecule has 1 amide bonds. The van der Waals surface area contributed by atoms with Crippen molar-refractivity contribution >= 4 is 23.3 Å². The third-order valence-electron chi connectivity index (χ3n) is 4.65. The van der Waals surface area contributed by atoms with Crippen LogP contribution in [-0.2, 0) is 14.3 Å². The molecule has 3 unspecified atom stereocenters. The lowest BCUT2D eigenvalue weighted by molar-refractivity contribution is -0.138. The molecule has 0 bridgehead atoms. The molecule has 25 heavy (non-hydrogen) atoms.